The van der Waals surface area contributed by atoms with Crippen LogP contribution in [0.1, 0.15) is 45.6 Å². The molecule has 0 amide bonds. The molecule has 118 valence electrons. The summed E-state index contributed by atoms with van der Waals surface area (Å²) >= 11 is 3.57. The molecule has 1 aromatic carbocycles. The molecule has 0 aliphatic carbocycles. The highest BCUT2D eigenvalue weighted by atomic mass is 79.9. The fourth-order valence-corrected chi connectivity index (χ4v) is 3.79. The molecule has 1 saturated heterocycles. The number of anilines is 1. The predicted octanol–water partition coefficient (Wildman–Crippen LogP) is 4.93. The van der Waals surface area contributed by atoms with Gasteiger partial charge < -0.3 is 10.2 Å². The third kappa shape index (κ3) is 4.72. The van der Waals surface area contributed by atoms with Gasteiger partial charge in [0.15, 0.2) is 0 Å². The molecule has 0 bridgehead atoms. The molecule has 1 aliphatic rings. The Hall–Kier alpha value is -0.540. The zero-order chi connectivity index (χ0) is 15.2. The number of hydrogen-bond acceptors (Lipinski definition) is 2. The molecule has 0 spiro atoms. The Morgan fingerprint density at radius 1 is 1.38 bits per heavy atom. The molecule has 1 heterocycles. The lowest BCUT2D eigenvalue weighted by Gasteiger charge is -2.36. The number of aryl methyl sites for hydroxylation is 1. The molecule has 0 radical (unpaired) electrons. The van der Waals surface area contributed by atoms with Gasteiger partial charge in [-0.3, -0.25) is 0 Å². The highest BCUT2D eigenvalue weighted by Crippen LogP contribution is 2.26. The Balaban J connectivity index is 1.99. The number of rotatable bonds is 6. The predicted molar refractivity (Wildman–Crippen MR) is 96.1 cm³/mol. The van der Waals surface area contributed by atoms with Crippen molar-refractivity contribution in [1.29, 1.82) is 0 Å². The first kappa shape index (κ1) is 16.8. The molecular weight excluding hydrogens is 324 g/mol. The standard InChI is InChI=1S/C18H29BrN2/c1-4-10-21-11-6-7-16(13-21)14(3)20-18-9-8-17(19)12-15(18)5-2/h8-9,12,14,16,20H,4-7,10-11,13H2,1-3H3. The van der Waals surface area contributed by atoms with E-state index in [9.17, 15) is 0 Å². The second-order valence-corrected chi connectivity index (χ2v) is 7.21. The minimum atomic E-state index is 0.538. The van der Waals surface area contributed by atoms with Crippen LogP contribution in [-0.4, -0.2) is 30.6 Å². The largest absolute Gasteiger partial charge is 0.382 e. The van der Waals surface area contributed by atoms with Gasteiger partial charge in [0.2, 0.25) is 0 Å². The molecule has 21 heavy (non-hydrogen) atoms. The van der Waals surface area contributed by atoms with Gasteiger partial charge in [-0.05, 0) is 75.4 Å². The summed E-state index contributed by atoms with van der Waals surface area (Å²) in [5.74, 6) is 0.763. The Morgan fingerprint density at radius 3 is 2.90 bits per heavy atom. The molecule has 2 atom stereocenters. The monoisotopic (exact) mass is 352 g/mol. The number of likely N-dealkylation sites (tertiary alicyclic amines) is 1. The van der Waals surface area contributed by atoms with Crippen molar-refractivity contribution in [3.05, 3.63) is 28.2 Å². The van der Waals surface area contributed by atoms with Gasteiger partial charge in [0.25, 0.3) is 0 Å². The summed E-state index contributed by atoms with van der Waals surface area (Å²) in [7, 11) is 0. The van der Waals surface area contributed by atoms with Gasteiger partial charge in [-0.1, -0.05) is 29.8 Å². The molecule has 2 nitrogen and oxygen atoms in total. The van der Waals surface area contributed by atoms with Gasteiger partial charge in [0, 0.05) is 22.7 Å². The molecule has 0 aromatic heterocycles. The third-order valence-electron chi connectivity index (χ3n) is 4.62. The van der Waals surface area contributed by atoms with Gasteiger partial charge in [0.05, 0.1) is 0 Å². The molecule has 2 rings (SSSR count). The van der Waals surface area contributed by atoms with Crippen LogP contribution in [0.15, 0.2) is 22.7 Å². The highest BCUT2D eigenvalue weighted by molar-refractivity contribution is 9.10. The number of piperidine rings is 1. The van der Waals surface area contributed by atoms with E-state index in [4.69, 9.17) is 0 Å². The lowest BCUT2D eigenvalue weighted by atomic mass is 9.91. The normalized spacial score (nSPS) is 21.2. The average molecular weight is 353 g/mol. The average Bonchev–Trinajstić information content (AvgIpc) is 2.49. The Labute approximate surface area is 138 Å². The zero-order valence-corrected chi connectivity index (χ0v) is 15.2. The van der Waals surface area contributed by atoms with Gasteiger partial charge in [-0.15, -0.1) is 0 Å². The maximum Gasteiger partial charge on any atom is 0.0375 e. The summed E-state index contributed by atoms with van der Waals surface area (Å²) in [6.07, 6.45) is 5.03. The lowest BCUT2D eigenvalue weighted by Crippen LogP contribution is -2.42. The summed E-state index contributed by atoms with van der Waals surface area (Å²) in [5.41, 5.74) is 2.71. The first-order chi connectivity index (χ1) is 10.1. The van der Waals surface area contributed by atoms with Gasteiger partial charge in [-0.25, -0.2) is 0 Å². The first-order valence-electron chi connectivity index (χ1n) is 8.41. The second kappa shape index (κ2) is 8.19. The van der Waals surface area contributed by atoms with Crippen LogP contribution in [0, 0.1) is 5.92 Å². The van der Waals surface area contributed by atoms with Crippen LogP contribution < -0.4 is 5.32 Å². The van der Waals surface area contributed by atoms with Crippen molar-refractivity contribution in [2.75, 3.05) is 25.0 Å². The van der Waals surface area contributed by atoms with Crippen molar-refractivity contribution >= 4 is 21.6 Å². The number of benzene rings is 1. The van der Waals surface area contributed by atoms with E-state index in [-0.39, 0.29) is 0 Å². The van der Waals surface area contributed by atoms with Crippen LogP contribution in [-0.2, 0) is 6.42 Å². The van der Waals surface area contributed by atoms with E-state index in [1.807, 2.05) is 0 Å². The quantitative estimate of drug-likeness (QED) is 0.780. The smallest absolute Gasteiger partial charge is 0.0375 e. The number of nitrogens with one attached hydrogen (secondary N) is 1. The number of nitrogens with zero attached hydrogens (tertiary/aromatic N) is 1. The van der Waals surface area contributed by atoms with Crippen LogP contribution in [0.3, 0.4) is 0 Å². The van der Waals surface area contributed by atoms with E-state index in [0.29, 0.717) is 6.04 Å². The molecule has 0 saturated carbocycles. The van der Waals surface area contributed by atoms with E-state index in [2.05, 4.69) is 65.1 Å². The highest BCUT2D eigenvalue weighted by Gasteiger charge is 2.24. The summed E-state index contributed by atoms with van der Waals surface area (Å²) in [4.78, 5) is 2.63. The van der Waals surface area contributed by atoms with E-state index >= 15 is 0 Å². The maximum absolute atomic E-state index is 3.77. The fourth-order valence-electron chi connectivity index (χ4n) is 3.38. The van der Waals surface area contributed by atoms with E-state index in [0.717, 1.165) is 12.3 Å². The van der Waals surface area contributed by atoms with Gasteiger partial charge >= 0.3 is 0 Å². The summed E-state index contributed by atoms with van der Waals surface area (Å²) in [6.45, 7) is 10.6. The van der Waals surface area contributed by atoms with E-state index in [1.54, 1.807) is 0 Å². The van der Waals surface area contributed by atoms with Crippen molar-refractivity contribution in [2.45, 2.75) is 52.5 Å². The Kier molecular flexibility index (Phi) is 6.56. The van der Waals surface area contributed by atoms with Crippen LogP contribution in [0.25, 0.3) is 0 Å². The third-order valence-corrected chi connectivity index (χ3v) is 5.11. The van der Waals surface area contributed by atoms with Gasteiger partial charge in [0.1, 0.15) is 0 Å². The van der Waals surface area contributed by atoms with Crippen LogP contribution in [0.5, 0.6) is 0 Å². The fraction of sp³-hybridized carbons (Fsp3) is 0.667. The SMILES string of the molecule is CCCN1CCCC(C(C)Nc2ccc(Br)cc2CC)C1. The molecule has 3 heteroatoms. The molecule has 1 N–H and O–H groups in total. The van der Waals surface area contributed by atoms with E-state index in [1.165, 1.54) is 54.6 Å². The van der Waals surface area contributed by atoms with Crippen LogP contribution >= 0.6 is 15.9 Å². The maximum atomic E-state index is 3.77. The van der Waals surface area contributed by atoms with E-state index < -0.39 is 0 Å². The van der Waals surface area contributed by atoms with Crippen molar-refractivity contribution in [3.8, 4) is 0 Å². The van der Waals surface area contributed by atoms with Gasteiger partial charge in [-0.2, -0.15) is 0 Å². The van der Waals surface area contributed by atoms with Crippen molar-refractivity contribution in [1.82, 2.24) is 4.90 Å². The van der Waals surface area contributed by atoms with Crippen molar-refractivity contribution < 1.29 is 0 Å². The minimum absolute atomic E-state index is 0.538. The number of halogens is 1. The molecule has 1 aromatic rings. The zero-order valence-electron chi connectivity index (χ0n) is 13.7. The van der Waals surface area contributed by atoms with Crippen molar-refractivity contribution in [3.63, 3.8) is 0 Å². The second-order valence-electron chi connectivity index (χ2n) is 6.29. The first-order valence-corrected chi connectivity index (χ1v) is 9.20. The summed E-state index contributed by atoms with van der Waals surface area (Å²) in [5, 5.41) is 3.77. The molecule has 1 fully saturated rings. The molecular formula is C18H29BrN2. The summed E-state index contributed by atoms with van der Waals surface area (Å²) in [6, 6.07) is 7.13. The minimum Gasteiger partial charge on any atom is -0.382 e. The molecule has 2 unspecified atom stereocenters. The van der Waals surface area contributed by atoms with Crippen molar-refractivity contribution in [2.24, 2.45) is 5.92 Å². The topological polar surface area (TPSA) is 15.3 Å². The Bertz CT molecular complexity index is 445. The van der Waals surface area contributed by atoms with Crippen LogP contribution in [0.4, 0.5) is 5.69 Å². The number of hydrogen-bond donors (Lipinski definition) is 1. The summed E-state index contributed by atoms with van der Waals surface area (Å²) < 4.78 is 1.17. The molecule has 1 aliphatic heterocycles. The Morgan fingerprint density at radius 2 is 2.19 bits per heavy atom. The van der Waals surface area contributed by atoms with Crippen LogP contribution in [0.2, 0.25) is 0 Å². The lowest BCUT2D eigenvalue weighted by molar-refractivity contribution is 0.165.